The number of ether oxygens (including phenoxy) is 8. The summed E-state index contributed by atoms with van der Waals surface area (Å²) in [6, 6.07) is 73.6. The van der Waals surface area contributed by atoms with Gasteiger partial charge in [0.05, 0.1) is 26.4 Å². The van der Waals surface area contributed by atoms with Gasteiger partial charge in [0.15, 0.2) is 17.8 Å². The molecule has 12 nitrogen and oxygen atoms in total. The summed E-state index contributed by atoms with van der Waals surface area (Å²) in [7, 11) is 0. The van der Waals surface area contributed by atoms with E-state index in [2.05, 4.69) is 10.6 Å². The molecular weight excluding hydrogens is 981 g/mol. The van der Waals surface area contributed by atoms with Crippen molar-refractivity contribution in [1.82, 2.24) is 10.6 Å². The van der Waals surface area contributed by atoms with E-state index in [4.69, 9.17) is 37.9 Å². The Morgan fingerprint density at radius 3 is 1.32 bits per heavy atom. The number of nitrogens with one attached hydrogen (secondary N) is 2. The van der Waals surface area contributed by atoms with Crippen molar-refractivity contribution in [1.29, 1.82) is 0 Å². The zero-order valence-corrected chi connectivity index (χ0v) is 43.6. The van der Waals surface area contributed by atoms with E-state index < -0.39 is 42.8 Å². The summed E-state index contributed by atoms with van der Waals surface area (Å²) in [6.45, 7) is 1.63. The quantitative estimate of drug-likeness (QED) is 0.0513. The van der Waals surface area contributed by atoms with E-state index in [1.165, 1.54) is 0 Å². The van der Waals surface area contributed by atoms with Gasteiger partial charge in [-0.05, 0) is 63.1 Å². The van der Waals surface area contributed by atoms with Crippen molar-refractivity contribution in [2.75, 3.05) is 13.2 Å². The lowest BCUT2D eigenvalue weighted by Crippen LogP contribution is -2.62. The minimum absolute atomic E-state index is 0.206. The number of hydrogen-bond acceptors (Lipinski definition) is 10. The van der Waals surface area contributed by atoms with Gasteiger partial charge in [-0.1, -0.05) is 218 Å². The topological polar surface area (TPSA) is 132 Å². The van der Waals surface area contributed by atoms with Gasteiger partial charge in [-0.2, -0.15) is 0 Å². The maximum Gasteiger partial charge on any atom is 0.407 e. The van der Waals surface area contributed by atoms with Gasteiger partial charge in [-0.15, -0.1) is 0 Å². The second-order valence-corrected chi connectivity index (χ2v) is 19.0. The smallest absolute Gasteiger partial charge is 0.407 e. The Labute approximate surface area is 457 Å². The molecule has 2 amide bonds. The highest BCUT2D eigenvalue weighted by molar-refractivity contribution is 5.86. The molecule has 1 unspecified atom stereocenters. The molecule has 0 aliphatic carbocycles. The molecule has 0 bridgehead atoms. The van der Waals surface area contributed by atoms with Crippen LogP contribution in [0.3, 0.4) is 0 Å². The van der Waals surface area contributed by atoms with Gasteiger partial charge in [-0.25, -0.2) is 4.79 Å². The molecule has 9 rings (SSSR count). The third-order valence-corrected chi connectivity index (χ3v) is 13.2. The Morgan fingerprint density at radius 1 is 0.423 bits per heavy atom. The van der Waals surface area contributed by atoms with Crippen molar-refractivity contribution in [3.05, 3.63) is 275 Å². The molecule has 2 N–H and O–H groups in total. The van der Waals surface area contributed by atoms with Gasteiger partial charge in [0.1, 0.15) is 50.3 Å². The van der Waals surface area contributed by atoms with Crippen LogP contribution >= 0.6 is 0 Å². The van der Waals surface area contributed by atoms with E-state index in [9.17, 15) is 9.59 Å². The molecule has 1 heterocycles. The third kappa shape index (κ3) is 16.9. The fourth-order valence-corrected chi connectivity index (χ4v) is 9.03. The summed E-state index contributed by atoms with van der Waals surface area (Å²) in [4.78, 5) is 28.3. The minimum atomic E-state index is -0.990. The first-order valence-electron chi connectivity index (χ1n) is 26.5. The first kappa shape index (κ1) is 54.7. The van der Waals surface area contributed by atoms with Gasteiger partial charge in [-0.3, -0.25) is 4.79 Å². The summed E-state index contributed by atoms with van der Waals surface area (Å²) in [5.41, 5.74) is 7.61. The van der Waals surface area contributed by atoms with Crippen LogP contribution in [0.4, 0.5) is 4.79 Å². The Balaban J connectivity index is 0.912. The van der Waals surface area contributed by atoms with Gasteiger partial charge < -0.3 is 48.5 Å². The average Bonchev–Trinajstić information content (AvgIpc) is 3.57. The SMILES string of the molecule is O=C(NC(Cc1ccccc1)C(=O)NCCc1ccc(OCc2ccccc2)c(OCc2ccccc2)c1)OC[C@H]1O[C@@H](OCc2ccccc2)[C@H](OCc2ccccc2)[C@@H](OCc2ccccc2)[C@@H]1OCc1ccccc1. The van der Waals surface area contributed by atoms with Crippen molar-refractivity contribution >= 4 is 12.0 Å². The molecule has 0 aromatic heterocycles. The highest BCUT2D eigenvalue weighted by Crippen LogP contribution is 2.33. The number of carbonyl (C=O) groups is 2. The molecule has 0 radical (unpaired) electrons. The predicted molar refractivity (Wildman–Crippen MR) is 298 cm³/mol. The van der Waals surface area contributed by atoms with Crippen LogP contribution in [0, 0.1) is 0 Å². The molecule has 0 saturated carbocycles. The van der Waals surface area contributed by atoms with Crippen molar-refractivity contribution in [3.63, 3.8) is 0 Å². The second kappa shape index (κ2) is 29.4. The zero-order valence-electron chi connectivity index (χ0n) is 43.6. The molecular formula is C66H66N2O10. The summed E-state index contributed by atoms with van der Waals surface area (Å²) in [5, 5.41) is 5.93. The van der Waals surface area contributed by atoms with Crippen molar-refractivity contribution in [3.8, 4) is 11.5 Å². The molecule has 400 valence electrons. The van der Waals surface area contributed by atoms with Crippen molar-refractivity contribution in [2.24, 2.45) is 0 Å². The monoisotopic (exact) mass is 1050 g/mol. The number of alkyl carbamates (subject to hydrolysis) is 1. The predicted octanol–water partition coefficient (Wildman–Crippen LogP) is 11.5. The molecule has 1 saturated heterocycles. The number of carbonyl (C=O) groups excluding carboxylic acids is 2. The molecule has 8 aromatic rings. The number of hydrogen-bond donors (Lipinski definition) is 2. The molecule has 8 aromatic carbocycles. The van der Waals surface area contributed by atoms with Crippen LogP contribution in [-0.2, 0) is 85.7 Å². The first-order valence-corrected chi connectivity index (χ1v) is 26.5. The number of benzene rings is 8. The minimum Gasteiger partial charge on any atom is -0.485 e. The van der Waals surface area contributed by atoms with Crippen LogP contribution in [0.5, 0.6) is 11.5 Å². The van der Waals surface area contributed by atoms with E-state index in [0.717, 1.165) is 44.5 Å². The molecule has 1 aliphatic heterocycles. The van der Waals surface area contributed by atoms with Gasteiger partial charge >= 0.3 is 6.09 Å². The third-order valence-electron chi connectivity index (χ3n) is 13.2. The van der Waals surface area contributed by atoms with E-state index in [0.29, 0.717) is 31.1 Å². The van der Waals surface area contributed by atoms with E-state index in [-0.39, 0.29) is 51.9 Å². The second-order valence-electron chi connectivity index (χ2n) is 19.0. The maximum atomic E-state index is 14.2. The van der Waals surface area contributed by atoms with Gasteiger partial charge in [0, 0.05) is 13.0 Å². The summed E-state index contributed by atoms with van der Waals surface area (Å²) in [5.74, 6) is 0.833. The fourth-order valence-electron chi connectivity index (χ4n) is 9.03. The average molecular weight is 1050 g/mol. The van der Waals surface area contributed by atoms with Crippen molar-refractivity contribution in [2.45, 2.75) is 89.2 Å². The van der Waals surface area contributed by atoms with Crippen LogP contribution in [0.1, 0.15) is 44.5 Å². The first-order chi connectivity index (χ1) is 38.5. The fraction of sp³-hybridized carbons (Fsp3) is 0.242. The van der Waals surface area contributed by atoms with Crippen LogP contribution in [0.25, 0.3) is 0 Å². The Hall–Kier alpha value is -8.10. The summed E-state index contributed by atoms with van der Waals surface area (Å²) < 4.78 is 52.5. The summed E-state index contributed by atoms with van der Waals surface area (Å²) >= 11 is 0. The van der Waals surface area contributed by atoms with E-state index >= 15 is 0 Å². The standard InChI is InChI=1S/C66H66N2O10/c69-64(67-39-38-50-36-37-58(71-42-51-24-10-2-11-25-51)59(41-50)72-43-52-26-12-3-13-27-52)57(40-49-22-8-1-9-23-49)68-66(70)77-48-60-61(73-44-53-28-14-4-15-29-53)62(74-45-54-30-16-5-17-31-54)63(75-46-55-32-18-6-19-33-55)65(78-60)76-47-56-34-20-7-21-35-56/h1-37,41,57,60-63,65H,38-40,42-48H2,(H,67,69)(H,68,70)/t57?,60-,61-,62+,63-,65-/m1/s1. The largest absolute Gasteiger partial charge is 0.485 e. The van der Waals surface area contributed by atoms with E-state index in [1.54, 1.807) is 0 Å². The van der Waals surface area contributed by atoms with Crippen LogP contribution in [0.2, 0.25) is 0 Å². The molecule has 6 atom stereocenters. The molecule has 1 fully saturated rings. The number of rotatable bonds is 27. The van der Waals surface area contributed by atoms with Crippen LogP contribution in [-0.4, -0.2) is 61.9 Å². The Bertz CT molecular complexity index is 3000. The van der Waals surface area contributed by atoms with E-state index in [1.807, 2.05) is 231 Å². The molecule has 12 heteroatoms. The lowest BCUT2D eigenvalue weighted by atomic mass is 9.97. The lowest BCUT2D eigenvalue weighted by molar-refractivity contribution is -0.329. The zero-order chi connectivity index (χ0) is 53.4. The molecule has 1 aliphatic rings. The molecule has 78 heavy (non-hydrogen) atoms. The summed E-state index contributed by atoms with van der Waals surface area (Å²) in [6.07, 6.45) is -4.40. The molecule has 0 spiro atoms. The van der Waals surface area contributed by atoms with Crippen LogP contribution < -0.4 is 20.1 Å². The maximum absolute atomic E-state index is 14.2. The number of amides is 2. The highest BCUT2D eigenvalue weighted by Gasteiger charge is 2.49. The highest BCUT2D eigenvalue weighted by atomic mass is 16.7. The van der Waals surface area contributed by atoms with Gasteiger partial charge in [0.2, 0.25) is 5.91 Å². The van der Waals surface area contributed by atoms with Crippen LogP contribution in [0.15, 0.2) is 231 Å². The normalized spacial score (nSPS) is 17.3. The Morgan fingerprint density at radius 2 is 0.833 bits per heavy atom. The lowest BCUT2D eigenvalue weighted by Gasteiger charge is -2.45. The van der Waals surface area contributed by atoms with Crippen molar-refractivity contribution < 1.29 is 47.5 Å². The van der Waals surface area contributed by atoms with Gasteiger partial charge in [0.25, 0.3) is 0 Å². The Kier molecular flexibility index (Phi) is 20.6.